The molecular weight excluding hydrogens is 306 g/mol. The number of aliphatic carboxylic acids is 1. The smallest absolute Gasteiger partial charge is 0.408 e. The zero-order valence-electron chi connectivity index (χ0n) is 13.6. The minimum atomic E-state index is -1.12. The molecule has 0 saturated heterocycles. The summed E-state index contributed by atoms with van der Waals surface area (Å²) in [5.74, 6) is -1.12. The Labute approximate surface area is 136 Å². The van der Waals surface area contributed by atoms with Gasteiger partial charge in [-0.1, -0.05) is 37.6 Å². The Balaban J connectivity index is 0.00000211. The highest BCUT2D eigenvalue weighted by Gasteiger charge is 2.24. The Morgan fingerprint density at radius 3 is 2.14 bits per heavy atom. The fraction of sp³-hybridized carbons (Fsp3) is 0.500. The average molecular weight is 330 g/mol. The molecule has 1 aromatic rings. The van der Waals surface area contributed by atoms with Gasteiger partial charge >= 0.3 is 12.1 Å². The molecule has 124 valence electrons. The lowest BCUT2D eigenvalue weighted by atomic mass is 10.1. The normalized spacial score (nSPS) is 11.7. The van der Waals surface area contributed by atoms with Gasteiger partial charge in [0.25, 0.3) is 0 Å². The summed E-state index contributed by atoms with van der Waals surface area (Å²) in [5.41, 5.74) is 0.0887. The van der Waals surface area contributed by atoms with Crippen LogP contribution < -0.4 is 5.32 Å². The molecule has 2 N–H and O–H groups in total. The maximum atomic E-state index is 11.6. The Morgan fingerprint density at radius 1 is 1.23 bits per heavy atom. The van der Waals surface area contributed by atoms with Crippen LogP contribution in [0.3, 0.4) is 0 Å². The van der Waals surface area contributed by atoms with E-state index in [0.717, 1.165) is 5.56 Å². The van der Waals surface area contributed by atoms with E-state index in [4.69, 9.17) is 21.4 Å². The van der Waals surface area contributed by atoms with Crippen LogP contribution in [-0.4, -0.2) is 28.8 Å². The van der Waals surface area contributed by atoms with Crippen LogP contribution in [0.1, 0.15) is 40.2 Å². The SMILES string of the molecule is CC.CC(C)(C)OC(=O)NC(Cc1ccc(Cl)cc1)C(=O)O. The Morgan fingerprint density at radius 2 is 1.73 bits per heavy atom. The number of benzene rings is 1. The minimum Gasteiger partial charge on any atom is -0.480 e. The summed E-state index contributed by atoms with van der Waals surface area (Å²) in [7, 11) is 0. The van der Waals surface area contributed by atoms with E-state index < -0.39 is 23.7 Å². The van der Waals surface area contributed by atoms with Gasteiger partial charge in [-0.3, -0.25) is 0 Å². The van der Waals surface area contributed by atoms with Crippen LogP contribution in [0.5, 0.6) is 0 Å². The molecule has 1 rings (SSSR count). The maximum absolute atomic E-state index is 11.6. The predicted octanol–water partition coefficient (Wildman–Crippen LogP) is 3.89. The number of alkyl carbamates (subject to hydrolysis) is 1. The average Bonchev–Trinajstić information content (AvgIpc) is 2.40. The molecule has 0 bridgehead atoms. The van der Waals surface area contributed by atoms with Crippen molar-refractivity contribution in [1.29, 1.82) is 0 Å². The number of nitrogens with one attached hydrogen (secondary N) is 1. The molecule has 1 amide bonds. The van der Waals surface area contributed by atoms with Crippen molar-refractivity contribution in [2.45, 2.75) is 52.7 Å². The highest BCUT2D eigenvalue weighted by Crippen LogP contribution is 2.12. The lowest BCUT2D eigenvalue weighted by molar-refractivity contribution is -0.139. The van der Waals surface area contributed by atoms with E-state index in [0.29, 0.717) is 5.02 Å². The largest absolute Gasteiger partial charge is 0.480 e. The quantitative estimate of drug-likeness (QED) is 0.878. The van der Waals surface area contributed by atoms with E-state index >= 15 is 0 Å². The third kappa shape index (κ3) is 8.52. The molecule has 0 radical (unpaired) electrons. The number of carboxylic acids is 1. The van der Waals surface area contributed by atoms with Crippen molar-refractivity contribution in [3.8, 4) is 0 Å². The number of carbonyl (C=O) groups excluding carboxylic acids is 1. The van der Waals surface area contributed by atoms with Gasteiger partial charge in [-0.05, 0) is 38.5 Å². The van der Waals surface area contributed by atoms with Gasteiger partial charge in [-0.2, -0.15) is 0 Å². The first-order valence-corrected chi connectivity index (χ1v) is 7.52. The first-order chi connectivity index (χ1) is 10.2. The number of halogens is 1. The molecule has 0 heterocycles. The third-order valence-electron chi connectivity index (χ3n) is 2.34. The predicted molar refractivity (Wildman–Crippen MR) is 87.3 cm³/mol. The number of rotatable bonds is 4. The van der Waals surface area contributed by atoms with E-state index in [1.54, 1.807) is 45.0 Å². The molecule has 0 saturated carbocycles. The highest BCUT2D eigenvalue weighted by molar-refractivity contribution is 6.30. The Bertz CT molecular complexity index is 480. The van der Waals surface area contributed by atoms with Crippen LogP contribution in [0.4, 0.5) is 4.79 Å². The van der Waals surface area contributed by atoms with Crippen molar-refractivity contribution in [3.63, 3.8) is 0 Å². The standard InChI is InChI=1S/C14H18ClNO4.C2H6/c1-14(2,3)20-13(19)16-11(12(17)18)8-9-4-6-10(15)7-5-9;1-2/h4-7,11H,8H2,1-3H3,(H,16,19)(H,17,18);1-2H3. The summed E-state index contributed by atoms with van der Waals surface area (Å²) in [6, 6.07) is 5.72. The lowest BCUT2D eigenvalue weighted by Crippen LogP contribution is -2.44. The number of hydrogen-bond acceptors (Lipinski definition) is 3. The summed E-state index contributed by atoms with van der Waals surface area (Å²) < 4.78 is 5.04. The van der Waals surface area contributed by atoms with Crippen molar-refractivity contribution in [2.75, 3.05) is 0 Å². The van der Waals surface area contributed by atoms with Crippen molar-refractivity contribution >= 4 is 23.7 Å². The molecule has 0 aromatic heterocycles. The van der Waals surface area contributed by atoms with E-state index in [9.17, 15) is 9.59 Å². The number of amides is 1. The number of ether oxygens (including phenoxy) is 1. The molecule has 22 heavy (non-hydrogen) atoms. The first kappa shape index (κ1) is 20.2. The van der Waals surface area contributed by atoms with Crippen LogP contribution in [0.25, 0.3) is 0 Å². The third-order valence-corrected chi connectivity index (χ3v) is 2.59. The summed E-state index contributed by atoms with van der Waals surface area (Å²) in [6.45, 7) is 9.13. The fourth-order valence-electron chi connectivity index (χ4n) is 1.51. The van der Waals surface area contributed by atoms with Gasteiger partial charge in [-0.25, -0.2) is 9.59 Å². The van der Waals surface area contributed by atoms with Gasteiger partial charge < -0.3 is 15.2 Å². The lowest BCUT2D eigenvalue weighted by Gasteiger charge is -2.22. The van der Waals surface area contributed by atoms with Gasteiger partial charge in [0.15, 0.2) is 0 Å². The molecular formula is C16H24ClNO4. The molecule has 0 aliphatic heterocycles. The first-order valence-electron chi connectivity index (χ1n) is 7.14. The van der Waals surface area contributed by atoms with Crippen LogP contribution in [-0.2, 0) is 16.0 Å². The number of carboxylic acid groups (broad SMARTS) is 1. The van der Waals surface area contributed by atoms with E-state index in [1.165, 1.54) is 0 Å². The van der Waals surface area contributed by atoms with Gasteiger partial charge in [0.2, 0.25) is 0 Å². The second kappa shape index (κ2) is 9.30. The Hall–Kier alpha value is -1.75. The van der Waals surface area contributed by atoms with Gasteiger partial charge in [-0.15, -0.1) is 0 Å². The van der Waals surface area contributed by atoms with Crippen LogP contribution in [0.2, 0.25) is 5.02 Å². The highest BCUT2D eigenvalue weighted by atomic mass is 35.5. The van der Waals surface area contributed by atoms with Crippen molar-refractivity contribution in [3.05, 3.63) is 34.9 Å². The molecule has 1 aromatic carbocycles. The van der Waals surface area contributed by atoms with E-state index in [-0.39, 0.29) is 6.42 Å². The van der Waals surface area contributed by atoms with E-state index in [2.05, 4.69) is 5.32 Å². The minimum absolute atomic E-state index is 0.158. The van der Waals surface area contributed by atoms with Crippen molar-refractivity contribution < 1.29 is 19.4 Å². The summed E-state index contributed by atoms with van der Waals surface area (Å²) in [6.07, 6.45) is -0.593. The molecule has 6 heteroatoms. The molecule has 0 aliphatic rings. The summed E-state index contributed by atoms with van der Waals surface area (Å²) in [4.78, 5) is 22.8. The maximum Gasteiger partial charge on any atom is 0.408 e. The second-order valence-electron chi connectivity index (χ2n) is 5.37. The topological polar surface area (TPSA) is 75.6 Å². The number of hydrogen-bond donors (Lipinski definition) is 2. The van der Waals surface area contributed by atoms with Crippen molar-refractivity contribution in [2.24, 2.45) is 0 Å². The zero-order chi connectivity index (χ0) is 17.3. The summed E-state index contributed by atoms with van der Waals surface area (Å²) >= 11 is 5.76. The van der Waals surface area contributed by atoms with Gasteiger partial charge in [0.05, 0.1) is 0 Å². The Kier molecular flexibility index (Phi) is 8.56. The molecule has 0 aliphatic carbocycles. The van der Waals surface area contributed by atoms with Gasteiger partial charge in [0, 0.05) is 11.4 Å². The van der Waals surface area contributed by atoms with Crippen LogP contribution in [0.15, 0.2) is 24.3 Å². The van der Waals surface area contributed by atoms with E-state index in [1.807, 2.05) is 13.8 Å². The monoisotopic (exact) mass is 329 g/mol. The zero-order valence-corrected chi connectivity index (χ0v) is 14.4. The van der Waals surface area contributed by atoms with Gasteiger partial charge in [0.1, 0.15) is 11.6 Å². The molecule has 1 unspecified atom stereocenters. The molecule has 0 spiro atoms. The molecule has 5 nitrogen and oxygen atoms in total. The second-order valence-corrected chi connectivity index (χ2v) is 5.80. The fourth-order valence-corrected chi connectivity index (χ4v) is 1.63. The van der Waals surface area contributed by atoms with Crippen LogP contribution in [0, 0.1) is 0 Å². The van der Waals surface area contributed by atoms with Crippen LogP contribution >= 0.6 is 11.6 Å². The van der Waals surface area contributed by atoms with Crippen molar-refractivity contribution in [1.82, 2.24) is 5.32 Å². The molecule has 0 fully saturated rings. The molecule has 1 atom stereocenters. The number of carbonyl (C=O) groups is 2. The summed E-state index contributed by atoms with van der Waals surface area (Å²) in [5, 5.41) is 12.1.